The lowest BCUT2D eigenvalue weighted by atomic mass is 10.4. The van der Waals surface area contributed by atoms with Crippen LogP contribution in [0.15, 0.2) is 0 Å². The Kier molecular flexibility index (Phi) is 2.38. The monoisotopic (exact) mass is 176 g/mol. The predicted molar refractivity (Wildman–Crippen MR) is 37.4 cm³/mol. The van der Waals surface area contributed by atoms with Gasteiger partial charge in [0.05, 0.1) is 6.54 Å². The van der Waals surface area contributed by atoms with Gasteiger partial charge in [0.1, 0.15) is 0 Å². The van der Waals surface area contributed by atoms with Crippen molar-refractivity contribution in [3.05, 3.63) is 20.2 Å². The number of nitro groups is 2. The molecule has 8 heteroatoms. The second-order valence-electron chi connectivity index (χ2n) is 2.41. The van der Waals surface area contributed by atoms with Gasteiger partial charge in [-0.3, -0.25) is 15.4 Å². The molecule has 68 valence electrons. The molecular formula is C4H8N4O4. The molecule has 0 aliphatic carbocycles. The maximum absolute atomic E-state index is 10.2. The highest BCUT2D eigenvalue weighted by Crippen LogP contribution is 1.98. The lowest BCUT2D eigenvalue weighted by Gasteiger charge is -2.22. The topological polar surface area (TPSA) is 102 Å². The summed E-state index contributed by atoms with van der Waals surface area (Å²) in [5.74, 6) is 0. The van der Waals surface area contributed by atoms with E-state index in [-0.39, 0.29) is 19.6 Å². The van der Waals surface area contributed by atoms with Crippen molar-refractivity contribution >= 4 is 0 Å². The first-order valence-electron chi connectivity index (χ1n) is 3.37. The second kappa shape index (κ2) is 3.30. The van der Waals surface area contributed by atoms with Gasteiger partial charge >= 0.3 is 0 Å². The molecule has 0 radical (unpaired) electrons. The van der Waals surface area contributed by atoms with E-state index >= 15 is 0 Å². The molecule has 1 aliphatic rings. The Balaban J connectivity index is 2.51. The average Bonchev–Trinajstić information content (AvgIpc) is 2.04. The van der Waals surface area contributed by atoms with Gasteiger partial charge in [0.25, 0.3) is 6.17 Å². The molecule has 1 atom stereocenters. The first-order chi connectivity index (χ1) is 5.61. The number of piperazine rings is 1. The molecule has 1 saturated heterocycles. The van der Waals surface area contributed by atoms with Crippen molar-refractivity contribution in [3.63, 3.8) is 0 Å². The molecule has 0 aromatic carbocycles. The fraction of sp³-hybridized carbons (Fsp3) is 1.00. The zero-order valence-electron chi connectivity index (χ0n) is 6.17. The largest absolute Gasteiger partial charge is 0.289 e. The van der Waals surface area contributed by atoms with Crippen LogP contribution < -0.4 is 5.32 Å². The Morgan fingerprint density at radius 3 is 2.58 bits per heavy atom. The quantitative estimate of drug-likeness (QED) is 0.414. The minimum atomic E-state index is -1.02. The summed E-state index contributed by atoms with van der Waals surface area (Å²) in [6.45, 7) is 0.296. The molecule has 0 aromatic heterocycles. The van der Waals surface area contributed by atoms with Crippen LogP contribution in [0.25, 0.3) is 0 Å². The van der Waals surface area contributed by atoms with Gasteiger partial charge in [0.15, 0.2) is 11.6 Å². The summed E-state index contributed by atoms with van der Waals surface area (Å²) in [5.41, 5.74) is 0. The summed E-state index contributed by atoms with van der Waals surface area (Å²) < 4.78 is 0. The maximum atomic E-state index is 10.2. The van der Waals surface area contributed by atoms with Gasteiger partial charge in [-0.15, -0.1) is 5.01 Å². The summed E-state index contributed by atoms with van der Waals surface area (Å²) in [4.78, 5) is 19.9. The summed E-state index contributed by atoms with van der Waals surface area (Å²) in [6.07, 6.45) is -1.02. The van der Waals surface area contributed by atoms with Gasteiger partial charge in [-0.05, 0) is 0 Å². The SMILES string of the molecule is O=[N+]([O-])C1CN([N+](=O)[O-])CCN1. The first kappa shape index (κ1) is 8.65. The Hall–Kier alpha value is -1.44. The number of rotatable bonds is 2. The Labute approximate surface area is 67.4 Å². The van der Waals surface area contributed by atoms with Gasteiger partial charge in [0, 0.05) is 11.5 Å². The van der Waals surface area contributed by atoms with E-state index in [9.17, 15) is 20.2 Å². The van der Waals surface area contributed by atoms with E-state index in [1.807, 2.05) is 0 Å². The zero-order valence-corrected chi connectivity index (χ0v) is 6.17. The first-order valence-corrected chi connectivity index (χ1v) is 3.37. The highest BCUT2D eigenvalue weighted by atomic mass is 16.7. The van der Waals surface area contributed by atoms with E-state index in [2.05, 4.69) is 5.32 Å². The molecule has 1 aliphatic heterocycles. The fourth-order valence-corrected chi connectivity index (χ4v) is 1.01. The van der Waals surface area contributed by atoms with E-state index in [4.69, 9.17) is 0 Å². The van der Waals surface area contributed by atoms with Crippen molar-refractivity contribution in [1.29, 1.82) is 0 Å². The summed E-state index contributed by atoms with van der Waals surface area (Å²) >= 11 is 0. The minimum absolute atomic E-state index is 0.181. The maximum Gasteiger partial charge on any atom is 0.289 e. The third kappa shape index (κ3) is 1.78. The zero-order chi connectivity index (χ0) is 9.14. The summed E-state index contributed by atoms with van der Waals surface area (Å²) in [5, 5.41) is 23.2. The molecule has 8 nitrogen and oxygen atoms in total. The highest BCUT2D eigenvalue weighted by Gasteiger charge is 2.32. The van der Waals surface area contributed by atoms with Crippen LogP contribution in [0.4, 0.5) is 0 Å². The van der Waals surface area contributed by atoms with Crippen molar-refractivity contribution < 1.29 is 9.96 Å². The van der Waals surface area contributed by atoms with Gasteiger partial charge in [-0.2, -0.15) is 0 Å². The van der Waals surface area contributed by atoms with Gasteiger partial charge < -0.3 is 0 Å². The Morgan fingerprint density at radius 1 is 1.42 bits per heavy atom. The standard InChI is InChI=1S/C4H8N4O4/c9-7(10)4-3-6(8(11)12)2-1-5-4/h4-5H,1-3H2. The van der Waals surface area contributed by atoms with Crippen molar-refractivity contribution in [1.82, 2.24) is 10.3 Å². The lowest BCUT2D eigenvalue weighted by molar-refractivity contribution is -0.672. The van der Waals surface area contributed by atoms with E-state index < -0.39 is 16.1 Å². The molecule has 1 heterocycles. The van der Waals surface area contributed by atoms with E-state index in [0.717, 1.165) is 5.01 Å². The molecule has 0 bridgehead atoms. The van der Waals surface area contributed by atoms with Crippen LogP contribution in [0, 0.1) is 20.2 Å². The third-order valence-electron chi connectivity index (χ3n) is 1.62. The third-order valence-corrected chi connectivity index (χ3v) is 1.62. The summed E-state index contributed by atoms with van der Waals surface area (Å²) in [6, 6.07) is 0. The van der Waals surface area contributed by atoms with Crippen LogP contribution in [-0.2, 0) is 0 Å². The molecule has 0 spiro atoms. The van der Waals surface area contributed by atoms with Crippen molar-refractivity contribution in [2.75, 3.05) is 19.6 Å². The minimum Gasteiger partial charge on any atom is -0.263 e. The molecule has 12 heavy (non-hydrogen) atoms. The van der Waals surface area contributed by atoms with Crippen LogP contribution in [0.2, 0.25) is 0 Å². The lowest BCUT2D eigenvalue weighted by Crippen LogP contribution is -2.55. The smallest absolute Gasteiger partial charge is 0.263 e. The van der Waals surface area contributed by atoms with Crippen LogP contribution in [0.3, 0.4) is 0 Å². The van der Waals surface area contributed by atoms with Gasteiger partial charge in [-0.25, -0.2) is 10.1 Å². The van der Waals surface area contributed by atoms with Crippen molar-refractivity contribution in [2.24, 2.45) is 0 Å². The molecular weight excluding hydrogens is 168 g/mol. The van der Waals surface area contributed by atoms with Crippen molar-refractivity contribution in [3.8, 4) is 0 Å². The number of hydrogen-bond donors (Lipinski definition) is 1. The molecule has 0 saturated carbocycles. The highest BCUT2D eigenvalue weighted by molar-refractivity contribution is 4.65. The average molecular weight is 176 g/mol. The Bertz CT molecular complexity index is 187. The molecule has 0 aromatic rings. The number of nitrogens with one attached hydrogen (secondary N) is 1. The van der Waals surface area contributed by atoms with E-state index in [0.29, 0.717) is 0 Å². The number of hydrazine groups is 1. The molecule has 0 amide bonds. The molecule has 1 fully saturated rings. The molecule has 1 unspecified atom stereocenters. The molecule has 1 N–H and O–H groups in total. The predicted octanol–water partition coefficient (Wildman–Crippen LogP) is -1.31. The number of hydrogen-bond acceptors (Lipinski definition) is 5. The Morgan fingerprint density at radius 2 is 2.08 bits per heavy atom. The van der Waals surface area contributed by atoms with Crippen LogP contribution in [-0.4, -0.2) is 40.8 Å². The second-order valence-corrected chi connectivity index (χ2v) is 2.41. The van der Waals surface area contributed by atoms with Crippen LogP contribution >= 0.6 is 0 Å². The van der Waals surface area contributed by atoms with Gasteiger partial charge in [-0.1, -0.05) is 0 Å². The van der Waals surface area contributed by atoms with Crippen LogP contribution in [0.5, 0.6) is 0 Å². The number of nitrogens with zero attached hydrogens (tertiary/aromatic N) is 3. The van der Waals surface area contributed by atoms with E-state index in [1.54, 1.807) is 0 Å². The van der Waals surface area contributed by atoms with Crippen molar-refractivity contribution in [2.45, 2.75) is 6.17 Å². The van der Waals surface area contributed by atoms with Crippen LogP contribution in [0.1, 0.15) is 0 Å². The fourth-order valence-electron chi connectivity index (χ4n) is 1.01. The van der Waals surface area contributed by atoms with Gasteiger partial charge in [0.2, 0.25) is 0 Å². The molecule has 1 rings (SSSR count). The normalized spacial score (nSPS) is 23.7. The van der Waals surface area contributed by atoms with E-state index in [1.165, 1.54) is 0 Å². The summed E-state index contributed by atoms with van der Waals surface area (Å²) in [7, 11) is 0.